The van der Waals surface area contributed by atoms with Gasteiger partial charge in [0.05, 0.1) is 5.69 Å². The van der Waals surface area contributed by atoms with E-state index in [1.807, 2.05) is 0 Å². The molecule has 0 bridgehead atoms. The summed E-state index contributed by atoms with van der Waals surface area (Å²) in [5.74, 6) is -2.38. The summed E-state index contributed by atoms with van der Waals surface area (Å²) in [7, 11) is 0. The van der Waals surface area contributed by atoms with Gasteiger partial charge in [0.25, 0.3) is 5.91 Å². The van der Waals surface area contributed by atoms with E-state index in [-0.39, 0.29) is 11.6 Å². The molecule has 1 atom stereocenters. The van der Waals surface area contributed by atoms with Gasteiger partial charge >= 0.3 is 6.03 Å². The molecule has 156 valence electrons. The van der Waals surface area contributed by atoms with Crippen molar-refractivity contribution >= 4 is 35.1 Å². The van der Waals surface area contributed by atoms with Crippen LogP contribution in [0.1, 0.15) is 25.8 Å². The van der Waals surface area contributed by atoms with Crippen LogP contribution in [0, 0.1) is 5.82 Å². The largest absolute Gasteiger partial charge is 0.326 e. The van der Waals surface area contributed by atoms with Gasteiger partial charge in [0.15, 0.2) is 0 Å². The van der Waals surface area contributed by atoms with Gasteiger partial charge in [-0.3, -0.25) is 19.3 Å². The molecule has 0 saturated carbocycles. The van der Waals surface area contributed by atoms with Gasteiger partial charge < -0.3 is 16.0 Å². The highest BCUT2D eigenvalue weighted by molar-refractivity contribution is 6.10. The van der Waals surface area contributed by atoms with Gasteiger partial charge in [0.1, 0.15) is 17.9 Å². The number of rotatable bonds is 6. The summed E-state index contributed by atoms with van der Waals surface area (Å²) in [6.45, 7) is 2.48. The van der Waals surface area contributed by atoms with Gasteiger partial charge in [-0.05, 0) is 30.2 Å². The van der Waals surface area contributed by atoms with Gasteiger partial charge in [-0.2, -0.15) is 0 Å². The van der Waals surface area contributed by atoms with Crippen LogP contribution in [0.3, 0.4) is 0 Å². The SMILES string of the molecule is CCC1(c2ccccc2)NC(=O)N(CC(=O)Nc2cc(NC(C)=O)ccc2F)C1=O. The maximum atomic E-state index is 14.0. The minimum absolute atomic E-state index is 0.178. The second kappa shape index (κ2) is 8.32. The van der Waals surface area contributed by atoms with Crippen molar-refractivity contribution < 1.29 is 23.6 Å². The molecule has 0 spiro atoms. The molecule has 1 fully saturated rings. The fraction of sp³-hybridized carbons (Fsp3) is 0.238. The Hall–Kier alpha value is -3.75. The normalized spacial score (nSPS) is 18.2. The zero-order valence-electron chi connectivity index (χ0n) is 16.5. The maximum absolute atomic E-state index is 14.0. The van der Waals surface area contributed by atoms with Gasteiger partial charge in [-0.1, -0.05) is 37.3 Å². The van der Waals surface area contributed by atoms with E-state index in [1.165, 1.54) is 19.1 Å². The van der Waals surface area contributed by atoms with Crippen molar-refractivity contribution in [2.75, 3.05) is 17.2 Å². The van der Waals surface area contributed by atoms with Crippen LogP contribution in [0.4, 0.5) is 20.6 Å². The van der Waals surface area contributed by atoms with Crippen molar-refractivity contribution in [1.82, 2.24) is 10.2 Å². The first-order valence-electron chi connectivity index (χ1n) is 9.33. The van der Waals surface area contributed by atoms with Crippen LogP contribution < -0.4 is 16.0 Å². The Morgan fingerprint density at radius 2 is 1.80 bits per heavy atom. The molecule has 9 heteroatoms. The van der Waals surface area contributed by atoms with Crippen LogP contribution in [0.25, 0.3) is 0 Å². The molecule has 0 aromatic heterocycles. The number of nitrogens with one attached hydrogen (secondary N) is 3. The molecule has 30 heavy (non-hydrogen) atoms. The summed E-state index contributed by atoms with van der Waals surface area (Å²) < 4.78 is 14.0. The van der Waals surface area contributed by atoms with Crippen molar-refractivity contribution in [3.8, 4) is 0 Å². The fourth-order valence-electron chi connectivity index (χ4n) is 3.37. The Labute approximate surface area is 172 Å². The van der Waals surface area contributed by atoms with Crippen LogP contribution in [0.15, 0.2) is 48.5 Å². The zero-order chi connectivity index (χ0) is 21.9. The number of urea groups is 1. The molecular formula is C21H21FN4O4. The first-order valence-corrected chi connectivity index (χ1v) is 9.33. The Morgan fingerprint density at radius 3 is 2.43 bits per heavy atom. The lowest BCUT2D eigenvalue weighted by Gasteiger charge is -2.25. The van der Waals surface area contributed by atoms with E-state index in [9.17, 15) is 23.6 Å². The highest BCUT2D eigenvalue weighted by Crippen LogP contribution is 2.32. The number of hydrogen-bond acceptors (Lipinski definition) is 4. The minimum Gasteiger partial charge on any atom is -0.326 e. The molecule has 5 amide bonds. The number of benzene rings is 2. The average Bonchev–Trinajstić information content (AvgIpc) is 2.96. The predicted molar refractivity (Wildman–Crippen MR) is 108 cm³/mol. The molecule has 3 rings (SSSR count). The van der Waals surface area contributed by atoms with Crippen molar-refractivity contribution in [2.45, 2.75) is 25.8 Å². The van der Waals surface area contributed by atoms with Crippen molar-refractivity contribution in [3.63, 3.8) is 0 Å². The molecule has 2 aromatic rings. The molecule has 0 aliphatic carbocycles. The smallest absolute Gasteiger partial charge is 0.325 e. The number of imide groups is 1. The Kier molecular flexibility index (Phi) is 5.81. The number of carbonyl (C=O) groups excluding carboxylic acids is 4. The Morgan fingerprint density at radius 1 is 1.10 bits per heavy atom. The quantitative estimate of drug-likeness (QED) is 0.634. The summed E-state index contributed by atoms with van der Waals surface area (Å²) in [6.07, 6.45) is 0.299. The standard InChI is InChI=1S/C21H21FN4O4/c1-3-21(14-7-5-4-6-8-14)19(29)26(20(30)25-21)12-18(28)24-17-11-15(23-13(2)27)9-10-16(17)22/h4-11H,3,12H2,1-2H3,(H,23,27)(H,24,28)(H,25,30). The summed E-state index contributed by atoms with van der Waals surface area (Å²) in [5, 5.41) is 7.50. The number of amides is 5. The zero-order valence-corrected chi connectivity index (χ0v) is 16.5. The van der Waals surface area contributed by atoms with Crippen LogP contribution in [-0.2, 0) is 19.9 Å². The monoisotopic (exact) mass is 412 g/mol. The number of anilines is 2. The first kappa shape index (κ1) is 21.0. The Bertz CT molecular complexity index is 1010. The highest BCUT2D eigenvalue weighted by atomic mass is 19.1. The minimum atomic E-state index is -1.25. The maximum Gasteiger partial charge on any atom is 0.325 e. The predicted octanol–water partition coefficient (Wildman–Crippen LogP) is 2.58. The van der Waals surface area contributed by atoms with Crippen LogP contribution in [0.2, 0.25) is 0 Å². The third-order valence-corrected chi connectivity index (χ3v) is 4.84. The molecule has 8 nitrogen and oxygen atoms in total. The molecule has 1 unspecified atom stereocenters. The van der Waals surface area contributed by atoms with E-state index in [4.69, 9.17) is 0 Å². The van der Waals surface area contributed by atoms with Gasteiger partial charge in [0, 0.05) is 12.6 Å². The lowest BCUT2D eigenvalue weighted by atomic mass is 9.87. The topological polar surface area (TPSA) is 108 Å². The molecule has 3 N–H and O–H groups in total. The molecule has 1 heterocycles. The van der Waals surface area contributed by atoms with Crippen molar-refractivity contribution in [1.29, 1.82) is 0 Å². The average molecular weight is 412 g/mol. The van der Waals surface area contributed by atoms with Crippen molar-refractivity contribution in [2.24, 2.45) is 0 Å². The second-order valence-electron chi connectivity index (χ2n) is 6.87. The molecular weight excluding hydrogens is 391 g/mol. The van der Waals surface area contributed by atoms with E-state index in [0.29, 0.717) is 17.7 Å². The van der Waals surface area contributed by atoms with E-state index in [2.05, 4.69) is 16.0 Å². The Balaban J connectivity index is 1.77. The highest BCUT2D eigenvalue weighted by Gasteiger charge is 2.51. The van der Waals surface area contributed by atoms with Gasteiger partial charge in [-0.25, -0.2) is 9.18 Å². The summed E-state index contributed by atoms with van der Waals surface area (Å²) in [5.41, 5.74) is -0.524. The number of carbonyl (C=O) groups is 4. The van der Waals surface area contributed by atoms with Crippen LogP contribution >= 0.6 is 0 Å². The third-order valence-electron chi connectivity index (χ3n) is 4.84. The van der Waals surface area contributed by atoms with E-state index in [1.54, 1.807) is 37.3 Å². The summed E-state index contributed by atoms with van der Waals surface area (Å²) in [4.78, 5) is 49.9. The molecule has 1 aliphatic heterocycles. The molecule has 1 aliphatic rings. The fourth-order valence-corrected chi connectivity index (χ4v) is 3.37. The third kappa shape index (κ3) is 4.00. The van der Waals surface area contributed by atoms with E-state index in [0.717, 1.165) is 11.0 Å². The lowest BCUT2D eigenvalue weighted by molar-refractivity contribution is -0.134. The first-order chi connectivity index (χ1) is 14.3. The molecule has 0 radical (unpaired) electrons. The second-order valence-corrected chi connectivity index (χ2v) is 6.87. The molecule has 2 aromatic carbocycles. The molecule has 1 saturated heterocycles. The lowest BCUT2D eigenvalue weighted by Crippen LogP contribution is -2.44. The number of hydrogen-bond donors (Lipinski definition) is 3. The number of nitrogens with zero attached hydrogens (tertiary/aromatic N) is 1. The van der Waals surface area contributed by atoms with E-state index < -0.39 is 35.7 Å². The van der Waals surface area contributed by atoms with E-state index >= 15 is 0 Å². The number of halogens is 1. The van der Waals surface area contributed by atoms with Gasteiger partial charge in [0.2, 0.25) is 11.8 Å². The van der Waals surface area contributed by atoms with Gasteiger partial charge in [-0.15, -0.1) is 0 Å². The van der Waals surface area contributed by atoms with Crippen LogP contribution in [-0.4, -0.2) is 35.2 Å². The summed E-state index contributed by atoms with van der Waals surface area (Å²) >= 11 is 0. The van der Waals surface area contributed by atoms with Crippen LogP contribution in [0.5, 0.6) is 0 Å². The van der Waals surface area contributed by atoms with Crippen molar-refractivity contribution in [3.05, 3.63) is 59.9 Å². The summed E-state index contributed by atoms with van der Waals surface area (Å²) in [6, 6.07) is 11.8.